The Morgan fingerprint density at radius 2 is 2.27 bits per heavy atom. The third kappa shape index (κ3) is 1.97. The molecule has 5 nitrogen and oxygen atoms in total. The lowest BCUT2D eigenvalue weighted by molar-refractivity contribution is 0.0680. The van der Waals surface area contributed by atoms with Crippen LogP contribution in [0, 0.1) is 0 Å². The molecule has 2 aromatic heterocycles. The molecule has 2 heterocycles. The summed E-state index contributed by atoms with van der Waals surface area (Å²) >= 11 is 12.7. The first-order valence-electron chi connectivity index (χ1n) is 3.60. The molecule has 0 unspecified atom stereocenters. The third-order valence-corrected chi connectivity index (χ3v) is 2.99. The van der Waals surface area contributed by atoms with Crippen molar-refractivity contribution in [1.82, 2.24) is 10.1 Å². The number of thiophene rings is 1. The Morgan fingerprint density at radius 3 is 2.73 bits per heavy atom. The number of halogens is 2. The van der Waals surface area contributed by atoms with Crippen molar-refractivity contribution in [3.63, 3.8) is 0 Å². The number of rotatable bonds is 2. The maximum absolute atomic E-state index is 10.5. The van der Waals surface area contributed by atoms with Crippen molar-refractivity contribution in [2.24, 2.45) is 0 Å². The van der Waals surface area contributed by atoms with E-state index in [0.29, 0.717) is 14.2 Å². The maximum atomic E-state index is 10.5. The first kappa shape index (κ1) is 10.4. The molecule has 0 bridgehead atoms. The van der Waals surface area contributed by atoms with Crippen LogP contribution in [0.5, 0.6) is 0 Å². The van der Waals surface area contributed by atoms with Crippen LogP contribution >= 0.6 is 34.5 Å². The Balaban J connectivity index is 2.45. The van der Waals surface area contributed by atoms with E-state index in [9.17, 15) is 4.79 Å². The normalized spacial score (nSPS) is 10.5. The minimum atomic E-state index is -1.26. The van der Waals surface area contributed by atoms with Crippen molar-refractivity contribution in [2.75, 3.05) is 0 Å². The molecular weight excluding hydrogens is 263 g/mol. The summed E-state index contributed by atoms with van der Waals surface area (Å²) in [6.07, 6.45) is 0. The van der Waals surface area contributed by atoms with Gasteiger partial charge in [0.2, 0.25) is 0 Å². The predicted molar refractivity (Wildman–Crippen MR) is 54.6 cm³/mol. The minimum Gasteiger partial charge on any atom is -0.475 e. The highest BCUT2D eigenvalue weighted by Crippen LogP contribution is 2.37. The molecule has 0 aliphatic rings. The van der Waals surface area contributed by atoms with Crippen molar-refractivity contribution >= 4 is 40.5 Å². The van der Waals surface area contributed by atoms with E-state index in [-0.39, 0.29) is 5.89 Å². The Kier molecular flexibility index (Phi) is 2.64. The number of aromatic carboxylic acids is 1. The van der Waals surface area contributed by atoms with Crippen LogP contribution in [0.25, 0.3) is 11.5 Å². The highest BCUT2D eigenvalue weighted by Gasteiger charge is 2.18. The van der Waals surface area contributed by atoms with Gasteiger partial charge in [-0.15, -0.1) is 11.3 Å². The molecule has 0 saturated heterocycles. The van der Waals surface area contributed by atoms with E-state index >= 15 is 0 Å². The number of carboxylic acids is 1. The van der Waals surface area contributed by atoms with Gasteiger partial charge in [-0.3, -0.25) is 0 Å². The summed E-state index contributed by atoms with van der Waals surface area (Å²) in [5, 5.41) is 11.8. The van der Waals surface area contributed by atoms with Gasteiger partial charge in [-0.05, 0) is 11.2 Å². The van der Waals surface area contributed by atoms with Gasteiger partial charge in [0.25, 0.3) is 11.7 Å². The first-order valence-corrected chi connectivity index (χ1v) is 5.17. The molecule has 0 aliphatic carbocycles. The number of hydrogen-bond donors (Lipinski definition) is 1. The van der Waals surface area contributed by atoms with E-state index in [1.54, 1.807) is 0 Å². The Hall–Kier alpha value is -1.11. The van der Waals surface area contributed by atoms with Gasteiger partial charge in [-0.25, -0.2) is 4.79 Å². The number of aromatic nitrogens is 2. The standard InChI is InChI=1S/C7H2Cl2N2O3S/c8-3-1-2(4(9)15-3)6-10-5(7(12)13)11-14-6/h1H,(H,12,13). The van der Waals surface area contributed by atoms with Gasteiger partial charge in [0.15, 0.2) is 0 Å². The lowest BCUT2D eigenvalue weighted by Gasteiger charge is -1.86. The van der Waals surface area contributed by atoms with Crippen LogP contribution in [0.3, 0.4) is 0 Å². The van der Waals surface area contributed by atoms with Crippen molar-refractivity contribution in [3.05, 3.63) is 20.6 Å². The van der Waals surface area contributed by atoms with Crippen LogP contribution in [0.15, 0.2) is 10.6 Å². The van der Waals surface area contributed by atoms with E-state index in [2.05, 4.69) is 10.1 Å². The molecule has 0 atom stereocenters. The van der Waals surface area contributed by atoms with Gasteiger partial charge in [0, 0.05) is 0 Å². The fourth-order valence-electron chi connectivity index (χ4n) is 0.906. The third-order valence-electron chi connectivity index (χ3n) is 1.50. The highest BCUT2D eigenvalue weighted by molar-refractivity contribution is 7.20. The molecule has 78 valence electrons. The van der Waals surface area contributed by atoms with Crippen LogP contribution < -0.4 is 0 Å². The summed E-state index contributed by atoms with van der Waals surface area (Å²) in [7, 11) is 0. The largest absolute Gasteiger partial charge is 0.475 e. The van der Waals surface area contributed by atoms with Gasteiger partial charge >= 0.3 is 5.97 Å². The van der Waals surface area contributed by atoms with Crippen LogP contribution in [-0.4, -0.2) is 21.2 Å². The molecule has 0 amide bonds. The zero-order valence-electron chi connectivity index (χ0n) is 6.90. The highest BCUT2D eigenvalue weighted by atomic mass is 35.5. The smallest absolute Gasteiger partial charge is 0.377 e. The molecule has 0 radical (unpaired) electrons. The topological polar surface area (TPSA) is 76.2 Å². The molecule has 0 aliphatic heterocycles. The zero-order valence-corrected chi connectivity index (χ0v) is 9.23. The molecule has 2 rings (SSSR count). The summed E-state index contributed by atoms with van der Waals surface area (Å²) in [6.45, 7) is 0. The second-order valence-corrected chi connectivity index (χ2v) is 4.75. The molecule has 1 N–H and O–H groups in total. The zero-order chi connectivity index (χ0) is 11.0. The maximum Gasteiger partial charge on any atom is 0.377 e. The van der Waals surface area contributed by atoms with Crippen molar-refractivity contribution in [1.29, 1.82) is 0 Å². The fourth-order valence-corrected chi connectivity index (χ4v) is 2.35. The fraction of sp³-hybridized carbons (Fsp3) is 0. The van der Waals surface area contributed by atoms with E-state index < -0.39 is 11.8 Å². The second kappa shape index (κ2) is 3.80. The Labute approximate surface area is 97.2 Å². The summed E-state index contributed by atoms with van der Waals surface area (Å²) in [5.74, 6) is -1.63. The predicted octanol–water partition coefficient (Wildman–Crippen LogP) is 2.80. The molecule has 15 heavy (non-hydrogen) atoms. The second-order valence-electron chi connectivity index (χ2n) is 2.47. The van der Waals surface area contributed by atoms with Gasteiger partial charge < -0.3 is 9.63 Å². The van der Waals surface area contributed by atoms with Crippen molar-refractivity contribution in [2.45, 2.75) is 0 Å². The summed E-state index contributed by atoms with van der Waals surface area (Å²) in [5.41, 5.74) is 0.437. The van der Waals surface area contributed by atoms with E-state index in [1.165, 1.54) is 6.07 Å². The average molecular weight is 265 g/mol. The number of carboxylic acid groups (broad SMARTS) is 1. The SMILES string of the molecule is O=C(O)c1noc(-c2cc(Cl)sc2Cl)n1. The Bertz CT molecular complexity index is 522. The summed E-state index contributed by atoms with van der Waals surface area (Å²) < 4.78 is 5.57. The van der Waals surface area contributed by atoms with Crippen molar-refractivity contribution < 1.29 is 14.4 Å². The molecule has 0 saturated carbocycles. The van der Waals surface area contributed by atoms with Crippen LogP contribution in [0.1, 0.15) is 10.6 Å². The average Bonchev–Trinajstić information content (AvgIpc) is 2.71. The molecule has 2 aromatic rings. The van der Waals surface area contributed by atoms with Gasteiger partial charge in [0.1, 0.15) is 4.34 Å². The van der Waals surface area contributed by atoms with E-state index in [4.69, 9.17) is 32.8 Å². The van der Waals surface area contributed by atoms with Crippen LogP contribution in [0.4, 0.5) is 0 Å². The van der Waals surface area contributed by atoms with Gasteiger partial charge in [-0.2, -0.15) is 4.98 Å². The van der Waals surface area contributed by atoms with Crippen LogP contribution in [0.2, 0.25) is 8.67 Å². The first-order chi connectivity index (χ1) is 7.08. The van der Waals surface area contributed by atoms with Crippen LogP contribution in [-0.2, 0) is 0 Å². The summed E-state index contributed by atoms with van der Waals surface area (Å²) in [6, 6.07) is 1.54. The quantitative estimate of drug-likeness (QED) is 0.903. The monoisotopic (exact) mass is 264 g/mol. The molecular formula is C7H2Cl2N2O3S. The lowest BCUT2D eigenvalue weighted by atomic mass is 10.3. The Morgan fingerprint density at radius 1 is 1.53 bits per heavy atom. The molecule has 0 spiro atoms. The van der Waals surface area contributed by atoms with Crippen molar-refractivity contribution in [3.8, 4) is 11.5 Å². The molecule has 8 heteroatoms. The summed E-state index contributed by atoms with van der Waals surface area (Å²) in [4.78, 5) is 14.1. The van der Waals surface area contributed by atoms with Gasteiger partial charge in [0.05, 0.1) is 9.90 Å². The van der Waals surface area contributed by atoms with Gasteiger partial charge in [-0.1, -0.05) is 23.2 Å². The molecule has 0 aromatic carbocycles. The number of nitrogens with zero attached hydrogens (tertiary/aromatic N) is 2. The number of carbonyl (C=O) groups is 1. The minimum absolute atomic E-state index is 0.0422. The van der Waals surface area contributed by atoms with E-state index in [1.807, 2.05) is 0 Å². The lowest BCUT2D eigenvalue weighted by Crippen LogP contribution is -1.98. The number of hydrogen-bond acceptors (Lipinski definition) is 5. The molecule has 0 fully saturated rings. The van der Waals surface area contributed by atoms with E-state index in [0.717, 1.165) is 11.3 Å².